The maximum absolute atomic E-state index is 13.7. The Morgan fingerprint density at radius 1 is 1.24 bits per heavy atom. The highest BCUT2D eigenvalue weighted by Gasteiger charge is 2.59. The second-order valence-electron chi connectivity index (χ2n) is 10.9. The number of aromatic hydroxyl groups is 1. The zero-order valence-corrected chi connectivity index (χ0v) is 22.2. The van der Waals surface area contributed by atoms with Crippen molar-refractivity contribution < 1.29 is 39.5 Å². The maximum Gasteiger partial charge on any atom is 0.255 e. The highest BCUT2D eigenvalue weighted by Crippen LogP contribution is 2.52. The number of aliphatic hydroxyl groups is 3. The molecule has 10 heteroatoms. The van der Waals surface area contributed by atoms with Gasteiger partial charge in [-0.3, -0.25) is 19.3 Å². The number of phenols is 1. The molecule has 0 bridgehead atoms. The molecule has 0 saturated carbocycles. The number of rotatable bonds is 8. The summed E-state index contributed by atoms with van der Waals surface area (Å²) in [4.78, 5) is 40.8. The molecule has 1 aromatic rings. The van der Waals surface area contributed by atoms with Crippen LogP contribution in [0, 0.1) is 17.8 Å². The number of hydrogen-bond donors (Lipinski definition) is 5. The molecule has 0 saturated heterocycles. The van der Waals surface area contributed by atoms with Crippen LogP contribution in [-0.2, 0) is 22.6 Å². The molecule has 38 heavy (non-hydrogen) atoms. The summed E-state index contributed by atoms with van der Waals surface area (Å²) in [5, 5.41) is 43.8. The van der Waals surface area contributed by atoms with Gasteiger partial charge in [-0.2, -0.15) is 0 Å². The fourth-order valence-corrected chi connectivity index (χ4v) is 6.13. The smallest absolute Gasteiger partial charge is 0.255 e. The fraction of sp³-hybridized carbons (Fsp3) is 0.536. The molecule has 1 unspecified atom stereocenters. The van der Waals surface area contributed by atoms with Gasteiger partial charge in [-0.25, -0.2) is 0 Å². The van der Waals surface area contributed by atoms with Crippen molar-refractivity contribution >= 4 is 17.5 Å². The monoisotopic (exact) mass is 528 g/mol. The first-order valence-electron chi connectivity index (χ1n) is 13.0. The Morgan fingerprint density at radius 2 is 1.92 bits per heavy atom. The molecule has 206 valence electrons. The van der Waals surface area contributed by atoms with Gasteiger partial charge in [0.1, 0.15) is 28.6 Å². The van der Waals surface area contributed by atoms with Crippen molar-refractivity contribution in [2.45, 2.75) is 58.6 Å². The number of benzene rings is 1. The van der Waals surface area contributed by atoms with Crippen LogP contribution in [0.3, 0.4) is 0 Å². The lowest BCUT2D eigenvalue weighted by atomic mass is 9.60. The Morgan fingerprint density at radius 3 is 2.50 bits per heavy atom. The normalized spacial score (nSPS) is 25.0. The van der Waals surface area contributed by atoms with Gasteiger partial charge in [0.2, 0.25) is 5.78 Å². The van der Waals surface area contributed by atoms with Gasteiger partial charge in [0.25, 0.3) is 5.91 Å². The largest absolute Gasteiger partial charge is 0.511 e. The number of nitrogens with two attached hydrogens (primary N) is 1. The summed E-state index contributed by atoms with van der Waals surface area (Å²) in [5.41, 5.74) is 2.86. The Kier molecular flexibility index (Phi) is 7.33. The molecule has 0 aromatic heterocycles. The lowest BCUT2D eigenvalue weighted by molar-refractivity contribution is -0.144. The predicted octanol–water partition coefficient (Wildman–Crippen LogP) is 2.46. The summed E-state index contributed by atoms with van der Waals surface area (Å²) in [5.74, 6) is -5.45. The number of phenolic OH excluding ortho intramolecular Hbond substituents is 1. The van der Waals surface area contributed by atoms with E-state index < -0.39 is 52.0 Å². The van der Waals surface area contributed by atoms with Crippen LogP contribution < -0.4 is 10.5 Å². The van der Waals surface area contributed by atoms with Gasteiger partial charge < -0.3 is 30.9 Å². The minimum Gasteiger partial charge on any atom is -0.511 e. The molecule has 10 nitrogen and oxygen atoms in total. The second kappa shape index (κ2) is 10.1. The number of fused-ring (bicyclic) bond motifs is 3. The Balaban J connectivity index is 1.79. The number of allylic oxidation sites excluding steroid dienone is 2. The number of primary amides is 1. The van der Waals surface area contributed by atoms with E-state index in [0.717, 1.165) is 25.1 Å². The Labute approximate surface area is 221 Å². The van der Waals surface area contributed by atoms with Crippen LogP contribution in [0.25, 0.3) is 0 Å². The van der Waals surface area contributed by atoms with Crippen LogP contribution in [0.4, 0.5) is 0 Å². The number of aliphatic hydroxyl groups excluding tert-OH is 2. The Bertz CT molecular complexity index is 1260. The van der Waals surface area contributed by atoms with E-state index in [1.165, 1.54) is 13.2 Å². The SMILES string of the molecule is CCN(CCC(C)C)Cc1cc(O)c2c(c1OC)CC1C[C@H]3CC(O)=C(C(N)=O)C(=O)[C@@]3(O)C(O)=C1C2=O. The number of hydrogen-bond acceptors (Lipinski definition) is 9. The van der Waals surface area contributed by atoms with E-state index in [0.29, 0.717) is 23.8 Å². The van der Waals surface area contributed by atoms with Gasteiger partial charge in [-0.1, -0.05) is 20.8 Å². The van der Waals surface area contributed by atoms with Crippen molar-refractivity contribution in [2.24, 2.45) is 23.5 Å². The number of nitrogens with zero attached hydrogens (tertiary/aromatic N) is 1. The summed E-state index contributed by atoms with van der Waals surface area (Å²) >= 11 is 0. The molecule has 4 rings (SSSR count). The van der Waals surface area contributed by atoms with Gasteiger partial charge in [-0.15, -0.1) is 0 Å². The minimum atomic E-state index is -2.58. The first-order chi connectivity index (χ1) is 17.9. The molecule has 6 N–H and O–H groups in total. The number of carbonyl (C=O) groups excluding carboxylic acids is 3. The average molecular weight is 529 g/mol. The number of ketones is 2. The standard InChI is InChI=1S/C28H36N2O8/c1-5-30(7-6-13(2)3)12-15-10-18(31)21-17(24(15)38-4)9-14-8-16-11-19(32)22(27(29)36)26(35)28(16,37)25(34)20(14)23(21)33/h10,13-14,16,31-32,34,37H,5-9,11-12H2,1-4H3,(H2,29,36)/t14?,16-,28-/m0/s1. The van der Waals surface area contributed by atoms with E-state index in [1.807, 2.05) is 0 Å². The van der Waals surface area contributed by atoms with Gasteiger partial charge in [0.15, 0.2) is 11.4 Å². The molecule has 0 radical (unpaired) electrons. The second-order valence-corrected chi connectivity index (χ2v) is 10.9. The van der Waals surface area contributed by atoms with Crippen molar-refractivity contribution in [1.29, 1.82) is 0 Å². The van der Waals surface area contributed by atoms with Gasteiger partial charge in [0.05, 0.1) is 12.7 Å². The molecule has 0 heterocycles. The van der Waals surface area contributed by atoms with E-state index in [-0.39, 0.29) is 36.1 Å². The molecular weight excluding hydrogens is 492 g/mol. The molecule has 0 spiro atoms. The minimum absolute atomic E-state index is 0.0487. The molecular formula is C28H36N2O8. The topological polar surface area (TPSA) is 171 Å². The Hall–Kier alpha value is -3.37. The molecule has 0 fully saturated rings. The van der Waals surface area contributed by atoms with Crippen LogP contribution in [0.2, 0.25) is 0 Å². The first-order valence-corrected chi connectivity index (χ1v) is 13.0. The highest BCUT2D eigenvalue weighted by molar-refractivity contribution is 6.24. The third-order valence-corrected chi connectivity index (χ3v) is 8.16. The summed E-state index contributed by atoms with van der Waals surface area (Å²) in [6.07, 6.45) is 1.02. The van der Waals surface area contributed by atoms with E-state index in [1.54, 1.807) is 0 Å². The van der Waals surface area contributed by atoms with Crippen molar-refractivity contribution in [3.8, 4) is 11.5 Å². The van der Waals surface area contributed by atoms with Gasteiger partial charge in [-0.05, 0) is 50.3 Å². The third-order valence-electron chi connectivity index (χ3n) is 8.16. The van der Waals surface area contributed by atoms with Crippen molar-refractivity contribution in [1.82, 2.24) is 4.90 Å². The zero-order valence-electron chi connectivity index (χ0n) is 22.2. The molecule has 3 atom stereocenters. The van der Waals surface area contributed by atoms with Crippen molar-refractivity contribution in [3.63, 3.8) is 0 Å². The number of methoxy groups -OCH3 is 1. The lowest BCUT2D eigenvalue weighted by Gasteiger charge is -2.45. The van der Waals surface area contributed by atoms with Crippen LogP contribution in [0.5, 0.6) is 11.5 Å². The van der Waals surface area contributed by atoms with E-state index >= 15 is 0 Å². The average Bonchev–Trinajstić information content (AvgIpc) is 2.83. The number of Topliss-reactive ketones (excluding diaryl/α,β-unsaturated/α-hetero) is 2. The molecule has 1 aromatic carbocycles. The molecule has 3 aliphatic carbocycles. The van der Waals surface area contributed by atoms with Crippen LogP contribution in [-0.4, -0.2) is 68.6 Å². The summed E-state index contributed by atoms with van der Waals surface area (Å²) in [6.45, 7) is 8.51. The number of amides is 1. The lowest BCUT2D eigenvalue weighted by Crippen LogP contribution is -2.57. The van der Waals surface area contributed by atoms with Crippen LogP contribution in [0.15, 0.2) is 28.7 Å². The van der Waals surface area contributed by atoms with Crippen molar-refractivity contribution in [2.75, 3.05) is 20.2 Å². The molecule has 0 aliphatic heterocycles. The first kappa shape index (κ1) is 27.7. The van der Waals surface area contributed by atoms with Gasteiger partial charge in [0, 0.05) is 35.6 Å². The highest BCUT2D eigenvalue weighted by atomic mass is 16.5. The summed E-state index contributed by atoms with van der Waals surface area (Å²) in [6, 6.07) is 1.49. The molecule has 1 amide bonds. The quantitative estimate of drug-likeness (QED) is 0.318. The molecule has 3 aliphatic rings. The summed E-state index contributed by atoms with van der Waals surface area (Å²) < 4.78 is 5.75. The fourth-order valence-electron chi connectivity index (χ4n) is 6.13. The third kappa shape index (κ3) is 4.25. The number of ether oxygens (including phenoxy) is 1. The van der Waals surface area contributed by atoms with Crippen molar-refractivity contribution in [3.05, 3.63) is 45.4 Å². The van der Waals surface area contributed by atoms with Crippen LogP contribution in [0.1, 0.15) is 61.5 Å². The predicted molar refractivity (Wildman–Crippen MR) is 138 cm³/mol. The zero-order chi connectivity index (χ0) is 28.1. The van der Waals surface area contributed by atoms with E-state index in [4.69, 9.17) is 10.5 Å². The van der Waals surface area contributed by atoms with Gasteiger partial charge >= 0.3 is 0 Å². The van der Waals surface area contributed by atoms with Crippen LogP contribution >= 0.6 is 0 Å². The maximum atomic E-state index is 13.7. The van der Waals surface area contributed by atoms with E-state index in [9.17, 15) is 34.8 Å². The van der Waals surface area contributed by atoms with E-state index in [2.05, 4.69) is 25.7 Å². The summed E-state index contributed by atoms with van der Waals surface area (Å²) in [7, 11) is 1.50. The number of carbonyl (C=O) groups is 3.